The van der Waals surface area contributed by atoms with E-state index < -0.39 is 24.9 Å². The maximum atomic E-state index is 15.1. The first kappa shape index (κ1) is 31.6. The van der Waals surface area contributed by atoms with E-state index in [1.54, 1.807) is 0 Å². The van der Waals surface area contributed by atoms with E-state index in [4.69, 9.17) is 0 Å². The highest BCUT2D eigenvalue weighted by Crippen LogP contribution is 2.27. The molecule has 0 aliphatic carbocycles. The molecule has 0 saturated carbocycles. The summed E-state index contributed by atoms with van der Waals surface area (Å²) in [6.07, 6.45) is -7.99. The molecule has 8 nitrogen and oxygen atoms in total. The molecule has 2 amide bonds. The van der Waals surface area contributed by atoms with Crippen molar-refractivity contribution in [3.8, 4) is 28.5 Å². The molecule has 2 unspecified atom stereocenters. The summed E-state index contributed by atoms with van der Waals surface area (Å²) in [5.41, 5.74) is 5.67. The molecule has 1 N–H and O–H groups in total. The molecule has 3 aromatic carbocycles. The van der Waals surface area contributed by atoms with Crippen LogP contribution in [0.25, 0.3) is 22.8 Å². The summed E-state index contributed by atoms with van der Waals surface area (Å²) < 4.78 is 74.2. The van der Waals surface area contributed by atoms with Crippen molar-refractivity contribution in [2.24, 2.45) is 4.99 Å². The number of alkyl halides is 5. The van der Waals surface area contributed by atoms with Gasteiger partial charge in [-0.25, -0.2) is 23.2 Å². The van der Waals surface area contributed by atoms with Gasteiger partial charge in [-0.05, 0) is 68.7 Å². The maximum absolute atomic E-state index is 15.1. The molecular formula is C31H27F5N6O2S. The average Bonchev–Trinajstić information content (AvgIpc) is 3.59. The molecule has 2 atom stereocenters. The van der Waals surface area contributed by atoms with E-state index in [0.717, 1.165) is 40.2 Å². The Morgan fingerprint density at radius 3 is 2.24 bits per heavy atom. The molecule has 45 heavy (non-hydrogen) atoms. The van der Waals surface area contributed by atoms with Gasteiger partial charge in [0.25, 0.3) is 0 Å². The van der Waals surface area contributed by atoms with Crippen LogP contribution < -0.4 is 14.9 Å². The summed E-state index contributed by atoms with van der Waals surface area (Å²) in [4.78, 5) is 21.2. The first-order valence-corrected chi connectivity index (χ1v) is 14.4. The fraction of sp³-hybridized carbons (Fsp3) is 0.226. The molecule has 0 saturated heterocycles. The van der Waals surface area contributed by atoms with Crippen LogP contribution in [0.4, 0.5) is 26.7 Å². The molecule has 0 spiro atoms. The minimum Gasteiger partial charge on any atom is -0.406 e. The third-order valence-corrected chi connectivity index (χ3v) is 7.71. The first-order valence-electron chi connectivity index (χ1n) is 13.6. The molecule has 2 aromatic heterocycles. The molecule has 0 aliphatic heterocycles. The highest BCUT2D eigenvalue weighted by Gasteiger charge is 2.31. The fourth-order valence-electron chi connectivity index (χ4n) is 4.88. The predicted octanol–water partition coefficient (Wildman–Crippen LogP) is 7.54. The van der Waals surface area contributed by atoms with Gasteiger partial charge in [-0.15, -0.1) is 29.6 Å². The number of ether oxygens (including phenoxy) is 1. The van der Waals surface area contributed by atoms with Crippen LogP contribution in [0.3, 0.4) is 0 Å². The van der Waals surface area contributed by atoms with Gasteiger partial charge in [0.1, 0.15) is 12.1 Å². The molecule has 5 rings (SSSR count). The van der Waals surface area contributed by atoms with Gasteiger partial charge in [-0.2, -0.15) is 4.99 Å². The maximum Gasteiger partial charge on any atom is 0.573 e. The van der Waals surface area contributed by atoms with Crippen molar-refractivity contribution < 1.29 is 31.5 Å². The largest absolute Gasteiger partial charge is 0.573 e. The van der Waals surface area contributed by atoms with Gasteiger partial charge in [0.15, 0.2) is 16.8 Å². The summed E-state index contributed by atoms with van der Waals surface area (Å²) in [6.45, 7) is 7.78. The summed E-state index contributed by atoms with van der Waals surface area (Å²) in [6, 6.07) is 13.7. The highest BCUT2D eigenvalue weighted by molar-refractivity contribution is 7.07. The Kier molecular flexibility index (Phi) is 8.87. The Labute approximate surface area is 258 Å². The van der Waals surface area contributed by atoms with Crippen molar-refractivity contribution in [2.75, 3.05) is 0 Å². The zero-order valence-corrected chi connectivity index (χ0v) is 25.3. The summed E-state index contributed by atoms with van der Waals surface area (Å²) in [5.74, 6) is -0.133. The lowest BCUT2D eigenvalue weighted by atomic mass is 10.0. The van der Waals surface area contributed by atoms with Crippen molar-refractivity contribution in [2.45, 2.75) is 46.5 Å². The molecule has 14 heteroatoms. The second-order valence-corrected chi connectivity index (χ2v) is 11.1. The second-order valence-electron chi connectivity index (χ2n) is 10.3. The normalized spacial score (nSPS) is 13.5. The average molecular weight is 643 g/mol. The quantitative estimate of drug-likeness (QED) is 0.147. The molecule has 5 aromatic rings. The van der Waals surface area contributed by atoms with Crippen LogP contribution in [0.5, 0.6) is 5.75 Å². The van der Waals surface area contributed by atoms with Crippen molar-refractivity contribution in [3.63, 3.8) is 0 Å². The topological polar surface area (TPSA) is 86.3 Å². The number of nitrogens with one attached hydrogen (secondary N) is 1. The van der Waals surface area contributed by atoms with Crippen LogP contribution >= 0.6 is 11.3 Å². The predicted molar refractivity (Wildman–Crippen MR) is 159 cm³/mol. The molecule has 0 radical (unpaired) electrons. The summed E-state index contributed by atoms with van der Waals surface area (Å²) in [5, 5.41) is 8.11. The summed E-state index contributed by atoms with van der Waals surface area (Å²) >= 11 is 1.21. The van der Waals surface area contributed by atoms with Gasteiger partial charge in [0.05, 0.1) is 11.4 Å². The Morgan fingerprint density at radius 2 is 1.62 bits per heavy atom. The van der Waals surface area contributed by atoms with Crippen LogP contribution in [0.2, 0.25) is 0 Å². The number of hydrogen-bond acceptors (Lipinski definition) is 5. The number of amides is 2. The van der Waals surface area contributed by atoms with Crippen LogP contribution in [0.15, 0.2) is 77.4 Å². The number of halogens is 5. The smallest absolute Gasteiger partial charge is 0.406 e. The molecule has 234 valence electrons. The molecule has 0 fully saturated rings. The minimum absolute atomic E-state index is 0.0285. The number of aryl methyl sites for hydroxylation is 4. The second kappa shape index (κ2) is 12.6. The SMILES string of the molecule is Cc1cc(C)c(-n2c(C)csc2=NC(=O)NC(F)C(F)c2ccc(-c3ncn(-c4ccc(OC(F)(F)F)cc4)n3)cc2)c(C)c1. The van der Waals surface area contributed by atoms with Crippen LogP contribution in [0, 0.1) is 27.7 Å². The lowest BCUT2D eigenvalue weighted by Crippen LogP contribution is -2.34. The zero-order chi connectivity index (χ0) is 32.5. The van der Waals surface area contributed by atoms with Crippen molar-refractivity contribution in [1.82, 2.24) is 24.6 Å². The number of rotatable bonds is 7. The standard InChI is InChI=1S/C31H27F5N6O2S/c1-17-13-18(2)26(19(3)14-17)42-20(4)15-45-30(42)39-29(43)38-27(33)25(32)21-5-7-22(8-6-21)28-37-16-41(40-28)23-9-11-24(12-10-23)44-31(34,35)36/h5-16,25,27H,1-4H3,(H,38,43). The molecule has 2 heterocycles. The van der Waals surface area contributed by atoms with Gasteiger partial charge in [0.2, 0.25) is 6.30 Å². The molecular weight excluding hydrogens is 615 g/mol. The Hall–Kier alpha value is -4.85. The lowest BCUT2D eigenvalue weighted by molar-refractivity contribution is -0.274. The van der Waals surface area contributed by atoms with Gasteiger partial charge in [-0.1, -0.05) is 42.0 Å². The van der Waals surface area contributed by atoms with E-state index in [2.05, 4.69) is 19.8 Å². The van der Waals surface area contributed by atoms with E-state index in [1.807, 2.05) is 55.1 Å². The summed E-state index contributed by atoms with van der Waals surface area (Å²) in [7, 11) is 0. The van der Waals surface area contributed by atoms with Crippen LogP contribution in [-0.4, -0.2) is 38.0 Å². The van der Waals surface area contributed by atoms with Gasteiger partial charge >= 0.3 is 12.4 Å². The molecule has 0 aliphatic rings. The third kappa shape index (κ3) is 7.28. The number of aromatic nitrogens is 4. The third-order valence-electron chi connectivity index (χ3n) is 6.77. The minimum atomic E-state index is -4.80. The number of carbonyl (C=O) groups excluding carboxylic acids is 1. The van der Waals surface area contributed by atoms with E-state index in [-0.39, 0.29) is 17.1 Å². The van der Waals surface area contributed by atoms with Crippen molar-refractivity contribution >= 4 is 17.4 Å². The van der Waals surface area contributed by atoms with E-state index in [0.29, 0.717) is 16.1 Å². The van der Waals surface area contributed by atoms with E-state index >= 15 is 4.39 Å². The van der Waals surface area contributed by atoms with E-state index in [1.165, 1.54) is 58.7 Å². The van der Waals surface area contributed by atoms with Gasteiger partial charge < -0.3 is 10.1 Å². The number of carbonyl (C=O) groups is 1. The highest BCUT2D eigenvalue weighted by atomic mass is 32.1. The van der Waals surface area contributed by atoms with Crippen LogP contribution in [-0.2, 0) is 0 Å². The fourth-order valence-corrected chi connectivity index (χ4v) is 5.74. The Bertz CT molecular complexity index is 1870. The molecule has 0 bridgehead atoms. The number of hydrogen-bond donors (Lipinski definition) is 1. The lowest BCUT2D eigenvalue weighted by Gasteiger charge is -2.15. The Morgan fingerprint density at radius 1 is 0.978 bits per heavy atom. The van der Waals surface area contributed by atoms with Crippen molar-refractivity contribution in [3.05, 3.63) is 105 Å². The Balaban J connectivity index is 1.26. The number of nitrogens with zero attached hydrogens (tertiary/aromatic N) is 5. The zero-order valence-electron chi connectivity index (χ0n) is 24.4. The van der Waals surface area contributed by atoms with E-state index in [9.17, 15) is 22.4 Å². The first-order chi connectivity index (χ1) is 21.3. The van der Waals surface area contributed by atoms with Crippen molar-refractivity contribution in [1.29, 1.82) is 0 Å². The monoisotopic (exact) mass is 642 g/mol. The van der Waals surface area contributed by atoms with Gasteiger partial charge in [-0.3, -0.25) is 4.57 Å². The number of thiazole rings is 1. The van der Waals surface area contributed by atoms with Crippen LogP contribution in [0.1, 0.15) is 34.1 Å². The number of urea groups is 1. The number of benzene rings is 3. The van der Waals surface area contributed by atoms with Gasteiger partial charge in [0, 0.05) is 16.6 Å².